The topological polar surface area (TPSA) is 56.0 Å². The van der Waals surface area contributed by atoms with Crippen LogP contribution in [0.3, 0.4) is 0 Å². The lowest BCUT2D eigenvalue weighted by Gasteiger charge is -2.15. The highest BCUT2D eigenvalue weighted by Crippen LogP contribution is 2.25. The molecule has 4 aromatic rings. The zero-order chi connectivity index (χ0) is 24.2. The molecular formula is C27H28ClN5O. The van der Waals surface area contributed by atoms with E-state index in [1.807, 2.05) is 97.1 Å². The molecule has 174 valence electrons. The van der Waals surface area contributed by atoms with Gasteiger partial charge in [0, 0.05) is 60.3 Å². The number of likely N-dealkylation sites (N-methyl/N-ethyl adjacent to an activating group) is 1. The van der Waals surface area contributed by atoms with Crippen LogP contribution in [0.5, 0.6) is 0 Å². The van der Waals surface area contributed by atoms with Gasteiger partial charge in [-0.25, -0.2) is 0 Å². The lowest BCUT2D eigenvalue weighted by Crippen LogP contribution is -2.24. The standard InChI is InChI=1S/C27H28ClN5O/c1-19-24(20(2)32(4)29-19)14-15-26(34)31(3)16-23-18-33(17-22-12-8-9-13-25(22)28)30-27(23)21-10-6-5-7-11-21/h5-15,18H,16-17H2,1-4H3. The molecule has 0 bridgehead atoms. The first-order valence-corrected chi connectivity index (χ1v) is 11.5. The first kappa shape index (κ1) is 23.5. The number of hydrogen-bond donors (Lipinski definition) is 0. The predicted molar refractivity (Wildman–Crippen MR) is 136 cm³/mol. The van der Waals surface area contributed by atoms with Crippen molar-refractivity contribution in [3.05, 3.63) is 100.0 Å². The molecule has 0 spiro atoms. The van der Waals surface area contributed by atoms with Gasteiger partial charge in [0.1, 0.15) is 0 Å². The lowest BCUT2D eigenvalue weighted by molar-refractivity contribution is -0.125. The van der Waals surface area contributed by atoms with Crippen LogP contribution >= 0.6 is 11.6 Å². The van der Waals surface area contributed by atoms with Gasteiger partial charge in [-0.1, -0.05) is 60.1 Å². The Hall–Kier alpha value is -3.64. The van der Waals surface area contributed by atoms with Crippen LogP contribution in [0.25, 0.3) is 17.3 Å². The normalized spacial score (nSPS) is 11.3. The Morgan fingerprint density at radius 2 is 1.74 bits per heavy atom. The third-order valence-electron chi connectivity index (χ3n) is 5.92. The maximum absolute atomic E-state index is 12.9. The predicted octanol–water partition coefficient (Wildman–Crippen LogP) is 5.27. The van der Waals surface area contributed by atoms with Gasteiger partial charge in [-0.3, -0.25) is 14.2 Å². The number of rotatable bonds is 7. The zero-order valence-corrected chi connectivity index (χ0v) is 20.6. The van der Waals surface area contributed by atoms with Crippen molar-refractivity contribution in [1.29, 1.82) is 0 Å². The summed E-state index contributed by atoms with van der Waals surface area (Å²) in [6.07, 6.45) is 5.44. The Kier molecular flexibility index (Phi) is 6.98. The summed E-state index contributed by atoms with van der Waals surface area (Å²) in [5.41, 5.74) is 6.73. The van der Waals surface area contributed by atoms with Crippen LogP contribution in [-0.4, -0.2) is 37.4 Å². The molecule has 0 N–H and O–H groups in total. The lowest BCUT2D eigenvalue weighted by atomic mass is 10.1. The van der Waals surface area contributed by atoms with Crippen LogP contribution < -0.4 is 0 Å². The van der Waals surface area contributed by atoms with E-state index in [1.165, 1.54) is 0 Å². The first-order chi connectivity index (χ1) is 16.3. The first-order valence-electron chi connectivity index (χ1n) is 11.1. The van der Waals surface area contributed by atoms with Crippen molar-refractivity contribution in [2.45, 2.75) is 26.9 Å². The molecule has 2 heterocycles. The molecule has 0 radical (unpaired) electrons. The molecule has 0 saturated carbocycles. The Bertz CT molecular complexity index is 1340. The molecule has 0 unspecified atom stereocenters. The summed E-state index contributed by atoms with van der Waals surface area (Å²) in [7, 11) is 3.70. The smallest absolute Gasteiger partial charge is 0.246 e. The van der Waals surface area contributed by atoms with E-state index < -0.39 is 0 Å². The summed E-state index contributed by atoms with van der Waals surface area (Å²) in [6.45, 7) is 4.92. The largest absolute Gasteiger partial charge is 0.338 e. The van der Waals surface area contributed by atoms with Gasteiger partial charge < -0.3 is 4.90 Å². The molecule has 7 heteroatoms. The van der Waals surface area contributed by atoms with E-state index in [-0.39, 0.29) is 5.91 Å². The van der Waals surface area contributed by atoms with Crippen LogP contribution in [0.4, 0.5) is 0 Å². The number of hydrogen-bond acceptors (Lipinski definition) is 3. The van der Waals surface area contributed by atoms with Crippen molar-refractivity contribution < 1.29 is 4.79 Å². The number of aryl methyl sites for hydroxylation is 2. The molecule has 0 aliphatic rings. The average molecular weight is 474 g/mol. The molecular weight excluding hydrogens is 446 g/mol. The van der Waals surface area contributed by atoms with Crippen LogP contribution in [0.2, 0.25) is 5.02 Å². The molecule has 1 amide bonds. The highest BCUT2D eigenvalue weighted by molar-refractivity contribution is 6.31. The molecule has 34 heavy (non-hydrogen) atoms. The van der Waals surface area contributed by atoms with E-state index in [9.17, 15) is 4.79 Å². The molecule has 0 fully saturated rings. The van der Waals surface area contributed by atoms with E-state index in [2.05, 4.69) is 5.10 Å². The third-order valence-corrected chi connectivity index (χ3v) is 6.28. The molecule has 0 saturated heterocycles. The van der Waals surface area contributed by atoms with E-state index in [0.29, 0.717) is 18.1 Å². The third kappa shape index (κ3) is 5.13. The fourth-order valence-electron chi connectivity index (χ4n) is 3.95. The summed E-state index contributed by atoms with van der Waals surface area (Å²) >= 11 is 6.37. The van der Waals surface area contributed by atoms with Crippen molar-refractivity contribution in [3.63, 3.8) is 0 Å². The Morgan fingerprint density at radius 1 is 1.03 bits per heavy atom. The monoisotopic (exact) mass is 473 g/mol. The van der Waals surface area contributed by atoms with Gasteiger partial charge in [0.15, 0.2) is 0 Å². The molecule has 4 rings (SSSR count). The van der Waals surface area contributed by atoms with E-state index in [1.54, 1.807) is 18.0 Å². The van der Waals surface area contributed by atoms with Crippen LogP contribution in [0.15, 0.2) is 66.9 Å². The van der Waals surface area contributed by atoms with E-state index >= 15 is 0 Å². The number of aromatic nitrogens is 4. The summed E-state index contributed by atoms with van der Waals surface area (Å²) in [6, 6.07) is 17.8. The average Bonchev–Trinajstić information content (AvgIpc) is 3.33. The van der Waals surface area contributed by atoms with Crippen LogP contribution in [-0.2, 0) is 24.9 Å². The van der Waals surface area contributed by atoms with Crippen molar-refractivity contribution in [3.8, 4) is 11.3 Å². The molecule has 2 aromatic carbocycles. The van der Waals surface area contributed by atoms with Gasteiger partial charge in [-0.05, 0) is 31.6 Å². The van der Waals surface area contributed by atoms with Gasteiger partial charge in [-0.2, -0.15) is 10.2 Å². The summed E-state index contributed by atoms with van der Waals surface area (Å²) in [5.74, 6) is -0.0829. The second-order valence-electron chi connectivity index (χ2n) is 8.39. The Morgan fingerprint density at radius 3 is 2.41 bits per heavy atom. The second kappa shape index (κ2) is 10.1. The molecule has 2 aromatic heterocycles. The van der Waals surface area contributed by atoms with Crippen LogP contribution in [0.1, 0.15) is 28.1 Å². The molecule has 0 atom stereocenters. The quantitative estimate of drug-likeness (QED) is 0.343. The fourth-order valence-corrected chi connectivity index (χ4v) is 4.14. The SMILES string of the molecule is Cc1nn(C)c(C)c1C=CC(=O)N(C)Cc1cn(Cc2ccccc2Cl)nc1-c1ccccc1. The maximum atomic E-state index is 12.9. The number of halogens is 1. The number of nitrogens with zero attached hydrogens (tertiary/aromatic N) is 5. The molecule has 6 nitrogen and oxygen atoms in total. The van der Waals surface area contributed by atoms with Gasteiger partial charge in [-0.15, -0.1) is 0 Å². The minimum Gasteiger partial charge on any atom is -0.338 e. The summed E-state index contributed by atoms with van der Waals surface area (Å²) in [5, 5.41) is 9.96. The summed E-state index contributed by atoms with van der Waals surface area (Å²) in [4.78, 5) is 14.6. The maximum Gasteiger partial charge on any atom is 0.246 e. The zero-order valence-electron chi connectivity index (χ0n) is 19.9. The van der Waals surface area contributed by atoms with Gasteiger partial charge in [0.25, 0.3) is 0 Å². The number of carbonyl (C=O) groups is 1. The highest BCUT2D eigenvalue weighted by atomic mass is 35.5. The van der Waals surface area contributed by atoms with Gasteiger partial charge in [0.2, 0.25) is 5.91 Å². The summed E-state index contributed by atoms with van der Waals surface area (Å²) < 4.78 is 3.71. The van der Waals surface area contributed by atoms with E-state index in [4.69, 9.17) is 16.7 Å². The van der Waals surface area contributed by atoms with Crippen molar-refractivity contribution in [2.75, 3.05) is 7.05 Å². The fraction of sp³-hybridized carbons (Fsp3) is 0.222. The van der Waals surface area contributed by atoms with Crippen molar-refractivity contribution in [2.24, 2.45) is 7.05 Å². The van der Waals surface area contributed by atoms with E-state index in [0.717, 1.165) is 39.3 Å². The van der Waals surface area contributed by atoms with Crippen molar-refractivity contribution >= 4 is 23.6 Å². The minimum atomic E-state index is -0.0829. The molecule has 0 aliphatic heterocycles. The van der Waals surface area contributed by atoms with Crippen LogP contribution in [0, 0.1) is 13.8 Å². The highest BCUT2D eigenvalue weighted by Gasteiger charge is 2.16. The molecule has 0 aliphatic carbocycles. The Labute approximate surface area is 205 Å². The second-order valence-corrected chi connectivity index (χ2v) is 8.80. The minimum absolute atomic E-state index is 0.0829. The van der Waals surface area contributed by atoms with Gasteiger partial charge in [0.05, 0.1) is 17.9 Å². The number of benzene rings is 2. The number of carbonyl (C=O) groups excluding carboxylic acids is 1. The number of amides is 1. The van der Waals surface area contributed by atoms with Gasteiger partial charge >= 0.3 is 0 Å². The van der Waals surface area contributed by atoms with Crippen molar-refractivity contribution in [1.82, 2.24) is 24.5 Å². The Balaban J connectivity index is 1.58.